The van der Waals surface area contributed by atoms with E-state index in [1.54, 1.807) is 12.1 Å². The van der Waals surface area contributed by atoms with Crippen molar-refractivity contribution in [3.05, 3.63) is 71.3 Å². The summed E-state index contributed by atoms with van der Waals surface area (Å²) in [5.74, 6) is -1.05. The number of carbonyl (C=O) groups is 1. The third-order valence-corrected chi connectivity index (χ3v) is 3.77. The van der Waals surface area contributed by atoms with E-state index in [1.807, 2.05) is 30.3 Å². The quantitative estimate of drug-likeness (QED) is 0.490. The first-order valence-electron chi connectivity index (χ1n) is 6.19. The topological polar surface area (TPSA) is 91.7 Å². The van der Waals surface area contributed by atoms with E-state index in [-0.39, 0.29) is 35.1 Å². The number of carbonyl (C=O) groups excluding carboxylic acids is 1. The molecular weight excluding hydrogens is 315 g/mol. The molecule has 2 aromatic rings. The van der Waals surface area contributed by atoms with E-state index in [2.05, 4.69) is 0 Å². The van der Waals surface area contributed by atoms with Crippen molar-refractivity contribution in [2.75, 3.05) is 0 Å². The van der Waals surface area contributed by atoms with E-state index in [0.717, 1.165) is 11.1 Å². The van der Waals surface area contributed by atoms with Crippen LogP contribution in [0.15, 0.2) is 54.6 Å². The van der Waals surface area contributed by atoms with Crippen molar-refractivity contribution >= 4 is 45.5 Å². The smallest absolute Gasteiger partial charge is 0.299 e. The number of hydrogen-bond donors (Lipinski definition) is 2. The van der Waals surface area contributed by atoms with Crippen LogP contribution in [0.2, 0.25) is 0 Å². The molecule has 1 atom stereocenters. The molecule has 0 aliphatic rings. The maximum Gasteiger partial charge on any atom is 0.299 e. The second kappa shape index (κ2) is 8.01. The minimum absolute atomic E-state index is 0. The van der Waals surface area contributed by atoms with Crippen LogP contribution in [0, 0.1) is 0 Å². The van der Waals surface area contributed by atoms with Crippen LogP contribution in [0.5, 0.6) is 0 Å². The Labute approximate surface area is 151 Å². The van der Waals surface area contributed by atoms with Crippen LogP contribution < -0.4 is 0 Å². The molecule has 0 saturated heterocycles. The molecule has 22 heavy (non-hydrogen) atoms. The van der Waals surface area contributed by atoms with Gasteiger partial charge in [0.25, 0.3) is 10.1 Å². The third kappa shape index (κ3) is 5.01. The summed E-state index contributed by atoms with van der Waals surface area (Å²) >= 11 is 0. The molecule has 2 N–H and O–H groups in total. The molecule has 0 heterocycles. The van der Waals surface area contributed by atoms with Gasteiger partial charge in [-0.05, 0) is 17.5 Å². The summed E-state index contributed by atoms with van der Waals surface area (Å²) in [5.41, 5.74) is -0.372. The summed E-state index contributed by atoms with van der Waals surface area (Å²) in [7, 11) is -4.80. The molecule has 0 bridgehead atoms. The van der Waals surface area contributed by atoms with Gasteiger partial charge in [0.15, 0.2) is 0 Å². The van der Waals surface area contributed by atoms with Gasteiger partial charge in [-0.1, -0.05) is 54.6 Å². The third-order valence-electron chi connectivity index (χ3n) is 3.00. The van der Waals surface area contributed by atoms with Crippen LogP contribution in [0.4, 0.5) is 0 Å². The number of aliphatic hydroxyl groups excluding tert-OH is 1. The fourth-order valence-corrected chi connectivity index (χ4v) is 2.30. The predicted octanol–water partition coefficient (Wildman–Crippen LogP) is 1.29. The Hall–Kier alpha value is -1.02. The summed E-state index contributed by atoms with van der Waals surface area (Å²) in [6.07, 6.45) is 0.677. The van der Waals surface area contributed by atoms with Crippen LogP contribution >= 0.6 is 0 Å². The standard InChI is InChI=1S/C15H14O5S.Na/c16-14(15(17)21(18,19)20)13-8-6-12(7-9-13)10-11-4-2-1-3-5-11;/h1-9,15,17H,10H2,(H,18,19,20);. The molecule has 2 rings (SSSR count). The van der Waals surface area contributed by atoms with E-state index in [0.29, 0.717) is 6.42 Å². The molecule has 0 spiro atoms. The Kier molecular flexibility index (Phi) is 6.93. The monoisotopic (exact) mass is 329 g/mol. The van der Waals surface area contributed by atoms with Crippen molar-refractivity contribution in [2.45, 2.75) is 11.9 Å². The largest absolute Gasteiger partial charge is 0.369 e. The van der Waals surface area contributed by atoms with Crippen molar-refractivity contribution in [3.8, 4) is 0 Å². The summed E-state index contributed by atoms with van der Waals surface area (Å²) in [5, 5.41) is 9.22. The van der Waals surface area contributed by atoms with Gasteiger partial charge in [-0.2, -0.15) is 8.42 Å². The Morgan fingerprint density at radius 1 is 0.955 bits per heavy atom. The maximum atomic E-state index is 11.7. The average molecular weight is 329 g/mol. The van der Waals surface area contributed by atoms with Crippen molar-refractivity contribution in [2.24, 2.45) is 0 Å². The predicted molar refractivity (Wildman–Crippen MR) is 83.3 cm³/mol. The van der Waals surface area contributed by atoms with Gasteiger partial charge in [0.2, 0.25) is 11.2 Å². The van der Waals surface area contributed by atoms with Crippen LogP contribution in [0.25, 0.3) is 0 Å². The van der Waals surface area contributed by atoms with E-state index < -0.39 is 21.3 Å². The molecule has 0 amide bonds. The number of benzene rings is 2. The molecule has 111 valence electrons. The number of rotatable bonds is 5. The Bertz CT molecular complexity index is 726. The molecular formula is C15H14NaO5S. The molecule has 0 aliphatic carbocycles. The molecule has 0 saturated carbocycles. The van der Waals surface area contributed by atoms with Crippen molar-refractivity contribution in [3.63, 3.8) is 0 Å². The molecule has 0 aliphatic heterocycles. The van der Waals surface area contributed by atoms with Gasteiger partial charge in [0.1, 0.15) is 0 Å². The first kappa shape index (κ1) is 19.0. The van der Waals surface area contributed by atoms with Crippen LogP contribution in [0.3, 0.4) is 0 Å². The van der Waals surface area contributed by atoms with Crippen LogP contribution in [-0.2, 0) is 16.5 Å². The molecule has 0 aromatic heterocycles. The van der Waals surface area contributed by atoms with E-state index in [1.165, 1.54) is 12.1 Å². The van der Waals surface area contributed by atoms with Crippen molar-refractivity contribution in [1.82, 2.24) is 0 Å². The van der Waals surface area contributed by atoms with Crippen LogP contribution in [0.1, 0.15) is 21.5 Å². The fraction of sp³-hybridized carbons (Fsp3) is 0.133. The van der Waals surface area contributed by atoms with Gasteiger partial charge in [0, 0.05) is 35.1 Å². The summed E-state index contributed by atoms with van der Waals surface area (Å²) in [6.45, 7) is 0. The zero-order valence-corrected chi connectivity index (χ0v) is 14.8. The minimum atomic E-state index is -4.80. The first-order valence-corrected chi connectivity index (χ1v) is 7.69. The Balaban J connectivity index is 0.00000242. The molecule has 1 unspecified atom stereocenters. The van der Waals surface area contributed by atoms with Gasteiger partial charge >= 0.3 is 0 Å². The minimum Gasteiger partial charge on any atom is -0.369 e. The second-order valence-electron chi connectivity index (χ2n) is 4.59. The summed E-state index contributed by atoms with van der Waals surface area (Å²) < 4.78 is 30.1. The maximum absolute atomic E-state index is 11.7. The van der Waals surface area contributed by atoms with Gasteiger partial charge in [0.05, 0.1) is 0 Å². The van der Waals surface area contributed by atoms with Crippen molar-refractivity contribution in [1.29, 1.82) is 0 Å². The second-order valence-corrected chi connectivity index (χ2v) is 6.07. The summed E-state index contributed by atoms with van der Waals surface area (Å²) in [4.78, 5) is 11.7. The molecule has 0 fully saturated rings. The van der Waals surface area contributed by atoms with E-state index in [9.17, 15) is 18.3 Å². The average Bonchev–Trinajstić information content (AvgIpc) is 2.46. The fourth-order valence-electron chi connectivity index (χ4n) is 1.90. The zero-order chi connectivity index (χ0) is 15.5. The van der Waals surface area contributed by atoms with Gasteiger partial charge < -0.3 is 5.11 Å². The van der Waals surface area contributed by atoms with Crippen LogP contribution in [-0.4, -0.2) is 58.9 Å². The zero-order valence-electron chi connectivity index (χ0n) is 12.0. The van der Waals surface area contributed by atoms with Gasteiger partial charge in [-0.25, -0.2) is 0 Å². The number of hydrogen-bond acceptors (Lipinski definition) is 4. The van der Waals surface area contributed by atoms with Crippen molar-refractivity contribution < 1.29 is 22.9 Å². The number of ketones is 1. The number of aliphatic hydroxyl groups is 1. The normalized spacial score (nSPS) is 12.3. The molecule has 7 heteroatoms. The Morgan fingerprint density at radius 3 is 1.95 bits per heavy atom. The molecule has 1 radical (unpaired) electrons. The Morgan fingerprint density at radius 2 is 1.45 bits per heavy atom. The summed E-state index contributed by atoms with van der Waals surface area (Å²) in [6, 6.07) is 15.9. The van der Waals surface area contributed by atoms with E-state index >= 15 is 0 Å². The number of Topliss-reactive ketones (excluding diaryl/α,β-unsaturated/α-hetero) is 1. The molecule has 5 nitrogen and oxygen atoms in total. The van der Waals surface area contributed by atoms with Gasteiger partial charge in [-0.15, -0.1) is 0 Å². The van der Waals surface area contributed by atoms with Gasteiger partial charge in [-0.3, -0.25) is 9.35 Å². The molecule has 2 aromatic carbocycles. The first-order chi connectivity index (χ1) is 9.88. The SMILES string of the molecule is O=C(c1ccc(Cc2ccccc2)cc1)C(O)S(=O)(=O)O.[Na]. The van der Waals surface area contributed by atoms with E-state index in [4.69, 9.17) is 4.55 Å².